The molecule has 164 valence electrons. The maximum absolute atomic E-state index is 12.8. The van der Waals surface area contributed by atoms with Gasteiger partial charge in [0.2, 0.25) is 5.91 Å². The fourth-order valence-corrected chi connectivity index (χ4v) is 3.49. The summed E-state index contributed by atoms with van der Waals surface area (Å²) in [6, 6.07) is 4.51. The molecular weight excluding hydrogens is 399 g/mol. The molecule has 1 aromatic rings. The predicted molar refractivity (Wildman–Crippen MR) is 105 cm³/mol. The second kappa shape index (κ2) is 10.9. The molecule has 0 aliphatic carbocycles. The van der Waals surface area contributed by atoms with E-state index in [4.69, 9.17) is 5.11 Å². The van der Waals surface area contributed by atoms with Crippen LogP contribution in [-0.4, -0.2) is 40.3 Å². The fraction of sp³-hybridized carbons (Fsp3) is 0.500. The second-order valence-corrected chi connectivity index (χ2v) is 7.45. The summed E-state index contributed by atoms with van der Waals surface area (Å²) in [5.41, 5.74) is -0.493. The van der Waals surface area contributed by atoms with Crippen molar-refractivity contribution in [2.75, 3.05) is 6.54 Å². The Labute approximate surface area is 173 Å². The van der Waals surface area contributed by atoms with Crippen molar-refractivity contribution in [1.82, 2.24) is 4.90 Å². The Morgan fingerprint density at radius 3 is 2.60 bits per heavy atom. The first-order chi connectivity index (χ1) is 14.2. The lowest BCUT2D eigenvalue weighted by molar-refractivity contribution is -0.138. The lowest BCUT2D eigenvalue weighted by Crippen LogP contribution is -2.32. The zero-order valence-electron chi connectivity index (χ0n) is 16.7. The number of carboxylic acid groups (broad SMARTS) is 1. The van der Waals surface area contributed by atoms with Crippen LogP contribution in [0.4, 0.5) is 13.2 Å². The van der Waals surface area contributed by atoms with Crippen LogP contribution in [0.1, 0.15) is 56.1 Å². The number of rotatable bonds is 11. The highest BCUT2D eigenvalue weighted by molar-refractivity contribution is 5.91. The molecule has 0 unspecified atom stereocenters. The maximum atomic E-state index is 12.8. The fourth-order valence-electron chi connectivity index (χ4n) is 3.49. The van der Waals surface area contributed by atoms with Gasteiger partial charge in [0.15, 0.2) is 5.78 Å². The van der Waals surface area contributed by atoms with Crippen LogP contribution in [-0.2, 0) is 27.0 Å². The number of allylic oxidation sites excluding steroid dienone is 1. The van der Waals surface area contributed by atoms with E-state index in [-0.39, 0.29) is 30.6 Å². The highest BCUT2D eigenvalue weighted by Gasteiger charge is 2.30. The topological polar surface area (TPSA) is 74.7 Å². The molecule has 0 aromatic heterocycles. The molecule has 1 aliphatic heterocycles. The Kier molecular flexibility index (Phi) is 8.62. The number of hydrogen-bond acceptors (Lipinski definition) is 3. The predicted octanol–water partition coefficient (Wildman–Crippen LogP) is 4.40. The van der Waals surface area contributed by atoms with Crippen LogP contribution >= 0.6 is 0 Å². The molecule has 5 nitrogen and oxygen atoms in total. The van der Waals surface area contributed by atoms with E-state index >= 15 is 0 Å². The van der Waals surface area contributed by atoms with Gasteiger partial charge in [-0.25, -0.2) is 0 Å². The summed E-state index contributed by atoms with van der Waals surface area (Å²) in [6.45, 7) is 0.544. The number of alkyl halides is 3. The largest absolute Gasteiger partial charge is 0.481 e. The number of carbonyl (C=O) groups is 3. The van der Waals surface area contributed by atoms with Crippen molar-refractivity contribution in [3.8, 4) is 0 Å². The van der Waals surface area contributed by atoms with Gasteiger partial charge in [-0.2, -0.15) is 13.2 Å². The molecule has 1 atom stereocenters. The molecule has 1 aliphatic rings. The Bertz CT molecular complexity index is 789. The average Bonchev–Trinajstić information content (AvgIpc) is 3.02. The molecule has 0 radical (unpaired) electrons. The zero-order chi connectivity index (χ0) is 22.1. The standard InChI is InChI=1S/C22H26F3NO4/c23-22(24,25)17-7-5-6-16(14-17)15-19(27)11-9-18-10-12-20(28)26(18)13-4-2-1-3-8-21(29)30/h5-7,9,11,14,18H,1-4,8,10,12-13,15H2,(H,29,30)/b11-9+/t18-/m0/s1. The molecule has 1 N–H and O–H groups in total. The van der Waals surface area contributed by atoms with Gasteiger partial charge in [0.05, 0.1) is 11.6 Å². The Hall–Kier alpha value is -2.64. The minimum Gasteiger partial charge on any atom is -0.481 e. The molecule has 1 aromatic carbocycles. The summed E-state index contributed by atoms with van der Waals surface area (Å²) >= 11 is 0. The Morgan fingerprint density at radius 2 is 1.90 bits per heavy atom. The van der Waals surface area contributed by atoms with Crippen LogP contribution in [0.2, 0.25) is 0 Å². The molecule has 8 heteroatoms. The maximum Gasteiger partial charge on any atom is 0.416 e. The number of carbonyl (C=O) groups excluding carboxylic acids is 2. The summed E-state index contributed by atoms with van der Waals surface area (Å²) in [4.78, 5) is 36.5. The van der Waals surface area contributed by atoms with E-state index in [0.29, 0.717) is 31.4 Å². The van der Waals surface area contributed by atoms with Gasteiger partial charge in [-0.05, 0) is 37.0 Å². The van der Waals surface area contributed by atoms with Crippen molar-refractivity contribution in [3.63, 3.8) is 0 Å². The van der Waals surface area contributed by atoms with Gasteiger partial charge in [-0.1, -0.05) is 37.1 Å². The summed E-state index contributed by atoms with van der Waals surface area (Å²) in [7, 11) is 0. The van der Waals surface area contributed by atoms with Crippen LogP contribution < -0.4 is 0 Å². The lowest BCUT2D eigenvalue weighted by atomic mass is 10.0. The van der Waals surface area contributed by atoms with E-state index in [1.165, 1.54) is 18.2 Å². The Balaban J connectivity index is 1.84. The molecule has 1 fully saturated rings. The van der Waals surface area contributed by atoms with Gasteiger partial charge in [0.1, 0.15) is 0 Å². The first-order valence-corrected chi connectivity index (χ1v) is 10.1. The third-order valence-electron chi connectivity index (χ3n) is 5.05. The Morgan fingerprint density at radius 1 is 1.17 bits per heavy atom. The number of aliphatic carboxylic acids is 1. The normalized spacial score (nSPS) is 17.1. The van der Waals surface area contributed by atoms with E-state index < -0.39 is 17.7 Å². The second-order valence-electron chi connectivity index (χ2n) is 7.45. The van der Waals surface area contributed by atoms with Gasteiger partial charge >= 0.3 is 12.1 Å². The number of hydrogen-bond donors (Lipinski definition) is 1. The molecular formula is C22H26F3NO4. The molecule has 2 rings (SSSR count). The van der Waals surface area contributed by atoms with E-state index in [2.05, 4.69) is 0 Å². The molecule has 0 spiro atoms. The zero-order valence-corrected chi connectivity index (χ0v) is 16.7. The van der Waals surface area contributed by atoms with E-state index in [0.717, 1.165) is 31.4 Å². The highest BCUT2D eigenvalue weighted by Crippen LogP contribution is 2.29. The van der Waals surface area contributed by atoms with Crippen molar-refractivity contribution in [2.24, 2.45) is 0 Å². The van der Waals surface area contributed by atoms with Gasteiger partial charge in [0.25, 0.3) is 0 Å². The minimum absolute atomic E-state index is 0.0144. The van der Waals surface area contributed by atoms with Gasteiger partial charge in [0, 0.05) is 25.8 Å². The smallest absolute Gasteiger partial charge is 0.416 e. The monoisotopic (exact) mass is 425 g/mol. The number of amides is 1. The summed E-state index contributed by atoms with van der Waals surface area (Å²) in [6.07, 6.45) is 2.53. The minimum atomic E-state index is -4.45. The highest BCUT2D eigenvalue weighted by atomic mass is 19.4. The number of likely N-dealkylation sites (tertiary alicyclic amines) is 1. The van der Waals surface area contributed by atoms with E-state index in [9.17, 15) is 27.6 Å². The van der Waals surface area contributed by atoms with Crippen LogP contribution in [0.5, 0.6) is 0 Å². The number of ketones is 1. The average molecular weight is 425 g/mol. The van der Waals surface area contributed by atoms with Crippen LogP contribution in [0.3, 0.4) is 0 Å². The molecule has 0 bridgehead atoms. The van der Waals surface area contributed by atoms with Crippen LogP contribution in [0.15, 0.2) is 36.4 Å². The molecule has 30 heavy (non-hydrogen) atoms. The van der Waals surface area contributed by atoms with Crippen molar-refractivity contribution in [1.29, 1.82) is 0 Å². The lowest BCUT2D eigenvalue weighted by Gasteiger charge is -2.22. The summed E-state index contributed by atoms with van der Waals surface area (Å²) in [5.74, 6) is -1.12. The van der Waals surface area contributed by atoms with Gasteiger partial charge in [-0.3, -0.25) is 14.4 Å². The first-order valence-electron chi connectivity index (χ1n) is 10.1. The first kappa shape index (κ1) is 23.6. The van der Waals surface area contributed by atoms with Crippen molar-refractivity contribution in [3.05, 3.63) is 47.5 Å². The van der Waals surface area contributed by atoms with Crippen molar-refractivity contribution < 1.29 is 32.7 Å². The third-order valence-corrected chi connectivity index (χ3v) is 5.05. The number of carboxylic acids is 1. The molecule has 0 saturated carbocycles. The van der Waals surface area contributed by atoms with E-state index in [1.807, 2.05) is 0 Å². The molecule has 1 heterocycles. The number of benzene rings is 1. The number of halogens is 3. The summed E-state index contributed by atoms with van der Waals surface area (Å²) < 4.78 is 38.3. The quantitative estimate of drug-likeness (QED) is 0.421. The van der Waals surface area contributed by atoms with Crippen LogP contribution in [0.25, 0.3) is 0 Å². The molecule has 1 saturated heterocycles. The molecule has 1 amide bonds. The van der Waals surface area contributed by atoms with Crippen molar-refractivity contribution in [2.45, 2.75) is 63.6 Å². The van der Waals surface area contributed by atoms with Crippen LogP contribution in [0, 0.1) is 0 Å². The number of nitrogens with zero attached hydrogens (tertiary/aromatic N) is 1. The van der Waals surface area contributed by atoms with Crippen molar-refractivity contribution >= 4 is 17.7 Å². The third kappa shape index (κ3) is 7.65. The van der Waals surface area contributed by atoms with Gasteiger partial charge in [-0.15, -0.1) is 0 Å². The summed E-state index contributed by atoms with van der Waals surface area (Å²) in [5, 5.41) is 8.62. The van der Waals surface area contributed by atoms with Gasteiger partial charge < -0.3 is 10.0 Å². The SMILES string of the molecule is O=C(O)CCCCCCN1C(=O)CC[C@@H]1/C=C/C(=O)Cc1cccc(C(F)(F)F)c1. The number of unbranched alkanes of at least 4 members (excludes halogenated alkanes) is 3. The van der Waals surface area contributed by atoms with E-state index in [1.54, 1.807) is 11.0 Å².